The van der Waals surface area contributed by atoms with Gasteiger partial charge in [0.2, 0.25) is 0 Å². The van der Waals surface area contributed by atoms with Crippen LogP contribution in [0, 0.1) is 18.3 Å². The van der Waals surface area contributed by atoms with E-state index in [1.54, 1.807) is 4.90 Å². The molecular weight excluding hydrogens is 338 g/mol. The molecule has 6 nitrogen and oxygen atoms in total. The highest BCUT2D eigenvalue weighted by molar-refractivity contribution is 7.10. The van der Waals surface area contributed by atoms with Crippen LogP contribution >= 0.6 is 11.3 Å². The molecule has 0 aromatic carbocycles. The van der Waals surface area contributed by atoms with Crippen LogP contribution in [0.4, 0.5) is 4.79 Å². The Bertz CT molecular complexity index is 689. The second-order valence-electron chi connectivity index (χ2n) is 7.65. The van der Waals surface area contributed by atoms with Gasteiger partial charge in [0.05, 0.1) is 18.8 Å². The van der Waals surface area contributed by atoms with E-state index in [0.717, 1.165) is 29.1 Å². The van der Waals surface area contributed by atoms with Gasteiger partial charge in [-0.2, -0.15) is 5.26 Å². The van der Waals surface area contributed by atoms with Gasteiger partial charge < -0.3 is 14.4 Å². The second kappa shape index (κ2) is 6.94. The number of piperazine rings is 1. The third kappa shape index (κ3) is 3.97. The smallest absolute Gasteiger partial charge is 0.410 e. The van der Waals surface area contributed by atoms with E-state index < -0.39 is 5.60 Å². The topological polar surface area (TPSA) is 65.8 Å². The molecule has 0 aliphatic carbocycles. The van der Waals surface area contributed by atoms with E-state index >= 15 is 0 Å². The first-order valence-electron chi connectivity index (χ1n) is 8.60. The van der Waals surface area contributed by atoms with Crippen molar-refractivity contribution in [3.05, 3.63) is 21.4 Å². The van der Waals surface area contributed by atoms with Crippen molar-refractivity contribution in [1.29, 1.82) is 5.26 Å². The zero-order chi connectivity index (χ0) is 18.2. The Morgan fingerprint density at radius 1 is 1.40 bits per heavy atom. The SMILES string of the molecule is Cc1c([C@H]2CN3CCN(C(=O)OC(C)(C)C)C[C@H]3CO2)csc1C#N. The van der Waals surface area contributed by atoms with Gasteiger partial charge >= 0.3 is 6.09 Å². The van der Waals surface area contributed by atoms with Gasteiger partial charge in [0.25, 0.3) is 0 Å². The van der Waals surface area contributed by atoms with Crippen molar-refractivity contribution in [2.24, 2.45) is 0 Å². The number of ether oxygens (including phenoxy) is 2. The molecule has 136 valence electrons. The summed E-state index contributed by atoms with van der Waals surface area (Å²) >= 11 is 1.48. The molecule has 3 heterocycles. The minimum atomic E-state index is -0.475. The summed E-state index contributed by atoms with van der Waals surface area (Å²) < 4.78 is 11.6. The number of nitriles is 1. The zero-order valence-corrected chi connectivity index (χ0v) is 16.1. The molecule has 2 fully saturated rings. The van der Waals surface area contributed by atoms with Crippen molar-refractivity contribution in [3.8, 4) is 6.07 Å². The fraction of sp³-hybridized carbons (Fsp3) is 0.667. The summed E-state index contributed by atoms with van der Waals surface area (Å²) in [6, 6.07) is 2.44. The summed E-state index contributed by atoms with van der Waals surface area (Å²) in [4.78, 5) is 17.2. The fourth-order valence-corrected chi connectivity index (χ4v) is 4.24. The Hall–Kier alpha value is -1.62. The maximum atomic E-state index is 12.3. The predicted molar refractivity (Wildman–Crippen MR) is 95.6 cm³/mol. The molecule has 0 spiro atoms. The molecule has 1 amide bonds. The highest BCUT2D eigenvalue weighted by Crippen LogP contribution is 2.33. The summed E-state index contributed by atoms with van der Waals surface area (Å²) in [5.41, 5.74) is 1.68. The van der Waals surface area contributed by atoms with Crippen LogP contribution < -0.4 is 0 Å². The van der Waals surface area contributed by atoms with Crippen molar-refractivity contribution in [1.82, 2.24) is 9.80 Å². The van der Waals surface area contributed by atoms with E-state index in [-0.39, 0.29) is 18.2 Å². The van der Waals surface area contributed by atoms with Gasteiger partial charge in [0.15, 0.2) is 0 Å². The van der Waals surface area contributed by atoms with Crippen LogP contribution in [0.3, 0.4) is 0 Å². The number of nitrogens with zero attached hydrogens (tertiary/aromatic N) is 3. The largest absolute Gasteiger partial charge is 0.444 e. The van der Waals surface area contributed by atoms with Crippen LogP contribution in [0.15, 0.2) is 5.38 Å². The molecule has 2 atom stereocenters. The quantitative estimate of drug-likeness (QED) is 0.767. The fourth-order valence-electron chi connectivity index (χ4n) is 3.32. The van der Waals surface area contributed by atoms with E-state index in [9.17, 15) is 4.79 Å². The van der Waals surface area contributed by atoms with Gasteiger partial charge in [-0.15, -0.1) is 11.3 Å². The number of carbonyl (C=O) groups excluding carboxylic acids is 1. The number of fused-ring (bicyclic) bond motifs is 1. The Labute approximate surface area is 152 Å². The maximum Gasteiger partial charge on any atom is 0.410 e. The van der Waals surface area contributed by atoms with Gasteiger partial charge in [0, 0.05) is 26.2 Å². The molecule has 0 bridgehead atoms. The molecule has 0 saturated carbocycles. The summed E-state index contributed by atoms with van der Waals surface area (Å²) in [7, 11) is 0. The first-order valence-corrected chi connectivity index (χ1v) is 9.48. The van der Waals surface area contributed by atoms with Crippen LogP contribution in [-0.2, 0) is 9.47 Å². The molecule has 3 rings (SSSR count). The van der Waals surface area contributed by atoms with Crippen molar-refractivity contribution < 1.29 is 14.3 Å². The van der Waals surface area contributed by atoms with Gasteiger partial charge in [-0.05, 0) is 44.2 Å². The average molecular weight is 363 g/mol. The van der Waals surface area contributed by atoms with Crippen molar-refractivity contribution in [2.45, 2.75) is 45.4 Å². The van der Waals surface area contributed by atoms with Crippen LogP contribution in [0.2, 0.25) is 0 Å². The minimum absolute atomic E-state index is 0.00248. The third-order valence-corrected chi connectivity index (χ3v) is 5.68. The Kier molecular flexibility index (Phi) is 5.05. The molecule has 1 aromatic heterocycles. The minimum Gasteiger partial charge on any atom is -0.444 e. The number of amides is 1. The molecule has 1 aromatic rings. The highest BCUT2D eigenvalue weighted by atomic mass is 32.1. The van der Waals surface area contributed by atoms with Gasteiger partial charge in [-0.1, -0.05) is 0 Å². The summed E-state index contributed by atoms with van der Waals surface area (Å²) in [5.74, 6) is 0. The van der Waals surface area contributed by atoms with E-state index in [2.05, 4.69) is 11.0 Å². The molecule has 25 heavy (non-hydrogen) atoms. The van der Waals surface area contributed by atoms with E-state index in [1.165, 1.54) is 11.3 Å². The average Bonchev–Trinajstić information content (AvgIpc) is 2.93. The van der Waals surface area contributed by atoms with E-state index in [0.29, 0.717) is 19.7 Å². The lowest BCUT2D eigenvalue weighted by molar-refractivity contribution is -0.0906. The van der Waals surface area contributed by atoms with Crippen LogP contribution in [0.1, 0.15) is 42.9 Å². The number of rotatable bonds is 1. The van der Waals surface area contributed by atoms with Crippen molar-refractivity contribution in [3.63, 3.8) is 0 Å². The second-order valence-corrected chi connectivity index (χ2v) is 8.53. The van der Waals surface area contributed by atoms with Gasteiger partial charge in [0.1, 0.15) is 16.5 Å². The summed E-state index contributed by atoms with van der Waals surface area (Å²) in [6.07, 6.45) is -0.246. The molecule has 0 unspecified atom stereocenters. The number of morpholine rings is 1. The normalized spacial score (nSPS) is 24.5. The zero-order valence-electron chi connectivity index (χ0n) is 15.2. The third-order valence-electron chi connectivity index (χ3n) is 4.67. The lowest BCUT2D eigenvalue weighted by Crippen LogP contribution is -2.60. The summed E-state index contributed by atoms with van der Waals surface area (Å²) in [5, 5.41) is 11.2. The predicted octanol–water partition coefficient (Wildman–Crippen LogP) is 2.92. The van der Waals surface area contributed by atoms with Crippen LogP contribution in [-0.4, -0.2) is 60.3 Å². The van der Waals surface area contributed by atoms with Crippen molar-refractivity contribution >= 4 is 17.4 Å². The Balaban J connectivity index is 1.61. The number of carbonyl (C=O) groups is 1. The molecular formula is C18H25N3O3S. The summed E-state index contributed by atoms with van der Waals surface area (Å²) in [6.45, 7) is 11.1. The lowest BCUT2D eigenvalue weighted by atomic mass is 10.0. The Morgan fingerprint density at radius 3 is 2.80 bits per heavy atom. The Morgan fingerprint density at radius 2 is 2.16 bits per heavy atom. The molecule has 0 radical (unpaired) electrons. The molecule has 2 aliphatic heterocycles. The van der Waals surface area contributed by atoms with E-state index in [4.69, 9.17) is 14.7 Å². The molecule has 7 heteroatoms. The number of thiophene rings is 1. The standard InChI is InChI=1S/C18H25N3O3S/c1-12-14(11-25-16(12)7-19)15-9-20-5-6-21(8-13(20)10-23-15)17(22)24-18(2,3)4/h11,13,15H,5-6,8-10H2,1-4H3/t13-,15+/m0/s1. The molecule has 0 N–H and O–H groups in total. The first-order chi connectivity index (χ1) is 11.8. The monoisotopic (exact) mass is 363 g/mol. The van der Waals surface area contributed by atoms with Gasteiger partial charge in [-0.3, -0.25) is 4.90 Å². The molecule has 2 saturated heterocycles. The number of hydrogen-bond donors (Lipinski definition) is 0. The highest BCUT2D eigenvalue weighted by Gasteiger charge is 2.37. The first kappa shape index (κ1) is 18.2. The van der Waals surface area contributed by atoms with Crippen LogP contribution in [0.5, 0.6) is 0 Å². The van der Waals surface area contributed by atoms with Crippen LogP contribution in [0.25, 0.3) is 0 Å². The lowest BCUT2D eigenvalue weighted by Gasteiger charge is -2.46. The number of hydrogen-bond acceptors (Lipinski definition) is 6. The molecule has 2 aliphatic rings. The maximum absolute atomic E-state index is 12.3. The van der Waals surface area contributed by atoms with Crippen molar-refractivity contribution in [2.75, 3.05) is 32.8 Å². The van der Waals surface area contributed by atoms with Gasteiger partial charge in [-0.25, -0.2) is 4.79 Å². The van der Waals surface area contributed by atoms with E-state index in [1.807, 2.05) is 33.1 Å².